The Morgan fingerprint density at radius 2 is 2.33 bits per heavy atom. The van der Waals surface area contributed by atoms with Gasteiger partial charge in [-0.25, -0.2) is 0 Å². The zero-order chi connectivity index (χ0) is 9.14. The van der Waals surface area contributed by atoms with Crippen molar-refractivity contribution in [3.05, 3.63) is 20.8 Å². The molecule has 0 aliphatic heterocycles. The van der Waals surface area contributed by atoms with E-state index in [-0.39, 0.29) is 6.04 Å². The number of thiophene rings is 1. The zero-order valence-electron chi connectivity index (χ0n) is 7.04. The van der Waals surface area contributed by atoms with Crippen molar-refractivity contribution in [3.63, 3.8) is 0 Å². The van der Waals surface area contributed by atoms with Crippen LogP contribution in [0.1, 0.15) is 18.7 Å². The molecule has 0 saturated heterocycles. The Bertz CT molecular complexity index is 291. The Morgan fingerprint density at radius 3 is 2.75 bits per heavy atom. The minimum atomic E-state index is 0.255. The number of nitrogens with two attached hydrogens (primary N) is 1. The van der Waals surface area contributed by atoms with Crippen LogP contribution in [0.3, 0.4) is 0 Å². The molecule has 4 heteroatoms. The van der Waals surface area contributed by atoms with Gasteiger partial charge in [0, 0.05) is 15.9 Å². The van der Waals surface area contributed by atoms with Gasteiger partial charge >= 0.3 is 0 Å². The van der Waals surface area contributed by atoms with Gasteiger partial charge in [-0.2, -0.15) is 0 Å². The molecular formula is C8H11BrN2S. The van der Waals surface area contributed by atoms with Crippen molar-refractivity contribution < 1.29 is 0 Å². The Morgan fingerprint density at radius 1 is 1.67 bits per heavy atom. The van der Waals surface area contributed by atoms with Crippen LogP contribution in [-0.2, 0) is 0 Å². The number of amidine groups is 1. The monoisotopic (exact) mass is 246 g/mol. The molecule has 0 fully saturated rings. The van der Waals surface area contributed by atoms with Gasteiger partial charge in [0.15, 0.2) is 0 Å². The van der Waals surface area contributed by atoms with E-state index in [2.05, 4.69) is 20.9 Å². The van der Waals surface area contributed by atoms with Gasteiger partial charge in [0.1, 0.15) is 5.84 Å². The molecule has 0 spiro atoms. The van der Waals surface area contributed by atoms with Crippen molar-refractivity contribution in [1.82, 2.24) is 0 Å². The highest BCUT2D eigenvalue weighted by atomic mass is 79.9. The van der Waals surface area contributed by atoms with E-state index in [1.165, 1.54) is 0 Å². The second-order valence-electron chi connectivity index (χ2n) is 2.74. The van der Waals surface area contributed by atoms with Crippen LogP contribution >= 0.6 is 27.3 Å². The first-order valence-corrected chi connectivity index (χ1v) is 5.34. The summed E-state index contributed by atoms with van der Waals surface area (Å²) >= 11 is 4.96. The summed E-state index contributed by atoms with van der Waals surface area (Å²) in [6.07, 6.45) is 0. The molecule has 1 aromatic heterocycles. The van der Waals surface area contributed by atoms with E-state index in [1.54, 1.807) is 11.3 Å². The van der Waals surface area contributed by atoms with Crippen molar-refractivity contribution in [2.75, 3.05) is 0 Å². The highest BCUT2D eigenvalue weighted by Crippen LogP contribution is 2.19. The van der Waals surface area contributed by atoms with Crippen LogP contribution in [0.2, 0.25) is 0 Å². The molecule has 0 aromatic carbocycles. The van der Waals surface area contributed by atoms with E-state index in [9.17, 15) is 0 Å². The maximum Gasteiger partial charge on any atom is 0.136 e. The molecule has 0 radical (unpaired) electrons. The second kappa shape index (κ2) is 4.05. The lowest BCUT2D eigenvalue weighted by Gasteiger charge is -1.98. The number of nitrogens with zero attached hydrogens (tertiary/aromatic N) is 1. The van der Waals surface area contributed by atoms with Gasteiger partial charge in [-0.15, -0.1) is 11.3 Å². The summed E-state index contributed by atoms with van der Waals surface area (Å²) in [6, 6.07) is 2.23. The summed E-state index contributed by atoms with van der Waals surface area (Å²) < 4.78 is 1.06. The summed E-state index contributed by atoms with van der Waals surface area (Å²) in [4.78, 5) is 5.27. The molecular weight excluding hydrogens is 236 g/mol. The number of hydrogen-bond donors (Lipinski definition) is 1. The number of halogens is 1. The van der Waals surface area contributed by atoms with Crippen LogP contribution in [0.5, 0.6) is 0 Å². The summed E-state index contributed by atoms with van der Waals surface area (Å²) in [5.41, 5.74) is 5.75. The molecule has 0 atom stereocenters. The Balaban J connectivity index is 2.84. The van der Waals surface area contributed by atoms with E-state index in [1.807, 2.05) is 25.3 Å². The van der Waals surface area contributed by atoms with Crippen LogP contribution in [0.15, 0.2) is 20.9 Å². The standard InChI is InChI=1S/C8H11BrN2S/c1-5(2)11-8(10)7-3-6(9)4-12-7/h3-5H,1-2H3,(H2,10,11). The fraction of sp³-hybridized carbons (Fsp3) is 0.375. The fourth-order valence-corrected chi connectivity index (χ4v) is 2.13. The van der Waals surface area contributed by atoms with Crippen molar-refractivity contribution in [2.45, 2.75) is 19.9 Å². The van der Waals surface area contributed by atoms with Gasteiger partial charge < -0.3 is 5.73 Å². The summed E-state index contributed by atoms with van der Waals surface area (Å²) in [5, 5.41) is 2.00. The van der Waals surface area contributed by atoms with Gasteiger partial charge in [-0.05, 0) is 35.8 Å². The Hall–Kier alpha value is -0.350. The van der Waals surface area contributed by atoms with E-state index in [0.29, 0.717) is 5.84 Å². The average molecular weight is 247 g/mol. The molecule has 0 amide bonds. The quantitative estimate of drug-likeness (QED) is 0.633. The highest BCUT2D eigenvalue weighted by molar-refractivity contribution is 9.10. The van der Waals surface area contributed by atoms with Crippen molar-refractivity contribution in [1.29, 1.82) is 0 Å². The summed E-state index contributed by atoms with van der Waals surface area (Å²) in [5.74, 6) is 0.626. The van der Waals surface area contributed by atoms with E-state index < -0.39 is 0 Å². The van der Waals surface area contributed by atoms with E-state index in [0.717, 1.165) is 9.35 Å². The normalized spacial score (nSPS) is 12.5. The lowest BCUT2D eigenvalue weighted by atomic mass is 10.4. The molecule has 0 aliphatic carbocycles. The topological polar surface area (TPSA) is 38.4 Å². The number of aliphatic imine (C=N–C) groups is 1. The van der Waals surface area contributed by atoms with Gasteiger partial charge in [0.2, 0.25) is 0 Å². The fourth-order valence-electron chi connectivity index (χ4n) is 0.789. The SMILES string of the molecule is CC(C)N=C(N)c1cc(Br)cs1. The molecule has 2 nitrogen and oxygen atoms in total. The van der Waals surface area contributed by atoms with Crippen LogP contribution in [0, 0.1) is 0 Å². The molecule has 12 heavy (non-hydrogen) atoms. The van der Waals surface area contributed by atoms with E-state index >= 15 is 0 Å². The first kappa shape index (κ1) is 9.74. The highest BCUT2D eigenvalue weighted by Gasteiger charge is 2.01. The van der Waals surface area contributed by atoms with Crippen LogP contribution in [0.4, 0.5) is 0 Å². The lowest BCUT2D eigenvalue weighted by molar-refractivity contribution is 0.835. The van der Waals surface area contributed by atoms with E-state index in [4.69, 9.17) is 5.73 Å². The van der Waals surface area contributed by atoms with Crippen molar-refractivity contribution in [2.24, 2.45) is 10.7 Å². The van der Waals surface area contributed by atoms with Gasteiger partial charge in [0.05, 0.1) is 4.88 Å². The number of rotatable bonds is 2. The molecule has 0 aliphatic rings. The van der Waals surface area contributed by atoms with Crippen LogP contribution < -0.4 is 5.73 Å². The minimum Gasteiger partial charge on any atom is -0.383 e. The maximum atomic E-state index is 5.75. The van der Waals surface area contributed by atoms with Gasteiger partial charge in [0.25, 0.3) is 0 Å². The van der Waals surface area contributed by atoms with Crippen LogP contribution in [-0.4, -0.2) is 11.9 Å². The predicted molar refractivity (Wildman–Crippen MR) is 57.9 cm³/mol. The van der Waals surface area contributed by atoms with Gasteiger partial charge in [-0.3, -0.25) is 4.99 Å². The third kappa shape index (κ3) is 2.60. The first-order valence-electron chi connectivity index (χ1n) is 3.67. The molecule has 1 aromatic rings. The number of hydrogen-bond acceptors (Lipinski definition) is 2. The predicted octanol–water partition coefficient (Wildman–Crippen LogP) is 2.62. The smallest absolute Gasteiger partial charge is 0.136 e. The Labute approximate surface area is 84.6 Å². The van der Waals surface area contributed by atoms with Crippen LogP contribution in [0.25, 0.3) is 0 Å². The molecule has 0 unspecified atom stereocenters. The van der Waals surface area contributed by atoms with Crippen molar-refractivity contribution >= 4 is 33.1 Å². The molecule has 1 heterocycles. The average Bonchev–Trinajstić information content (AvgIpc) is 2.34. The molecule has 2 N–H and O–H groups in total. The largest absolute Gasteiger partial charge is 0.383 e. The Kier molecular flexibility index (Phi) is 3.29. The summed E-state index contributed by atoms with van der Waals surface area (Å²) in [6.45, 7) is 4.02. The molecule has 0 saturated carbocycles. The minimum absolute atomic E-state index is 0.255. The molecule has 1 rings (SSSR count). The second-order valence-corrected chi connectivity index (χ2v) is 4.56. The van der Waals surface area contributed by atoms with Crippen molar-refractivity contribution in [3.8, 4) is 0 Å². The lowest BCUT2D eigenvalue weighted by Crippen LogP contribution is -2.13. The summed E-state index contributed by atoms with van der Waals surface area (Å²) in [7, 11) is 0. The zero-order valence-corrected chi connectivity index (χ0v) is 9.45. The maximum absolute atomic E-state index is 5.75. The van der Waals surface area contributed by atoms with Gasteiger partial charge in [-0.1, -0.05) is 0 Å². The molecule has 0 bridgehead atoms. The third-order valence-corrected chi connectivity index (χ3v) is 2.93. The third-order valence-electron chi connectivity index (χ3n) is 1.22. The molecule has 66 valence electrons. The first-order chi connectivity index (χ1) is 5.59.